The zero-order chi connectivity index (χ0) is 16.5. The lowest BCUT2D eigenvalue weighted by Gasteiger charge is -2.19. The maximum atomic E-state index is 2.57. The van der Waals surface area contributed by atoms with E-state index in [4.69, 9.17) is 0 Å². The Labute approximate surface area is 144 Å². The van der Waals surface area contributed by atoms with Crippen LogP contribution in [0.4, 0.5) is 0 Å². The topological polar surface area (TPSA) is 3.24 Å². The van der Waals surface area contributed by atoms with Gasteiger partial charge in [-0.3, -0.25) is 0 Å². The molecule has 0 unspecified atom stereocenters. The van der Waals surface area contributed by atoms with E-state index >= 15 is 0 Å². The molecule has 0 N–H and O–H groups in total. The molecule has 0 amide bonds. The van der Waals surface area contributed by atoms with Gasteiger partial charge in [-0.15, -0.1) is 0 Å². The molecular weight excluding hydrogens is 282 g/mol. The van der Waals surface area contributed by atoms with Crippen LogP contribution in [0, 0.1) is 0 Å². The maximum Gasteiger partial charge on any atom is 0.0413 e. The van der Waals surface area contributed by atoms with Crippen molar-refractivity contribution >= 4 is 9.52 Å². The molecular formula is C20H43NSi. The van der Waals surface area contributed by atoms with Crippen LogP contribution in [0.5, 0.6) is 0 Å². The van der Waals surface area contributed by atoms with Crippen LogP contribution in [-0.4, -0.2) is 34.1 Å². The maximum absolute atomic E-state index is 2.57. The van der Waals surface area contributed by atoms with Crippen molar-refractivity contribution in [3.05, 3.63) is 0 Å². The number of hydrogen-bond acceptors (Lipinski definition) is 1. The molecule has 0 heterocycles. The first kappa shape index (κ1) is 22.2. The summed E-state index contributed by atoms with van der Waals surface area (Å²) in [6, 6.07) is 1.47. The summed E-state index contributed by atoms with van der Waals surface area (Å²) in [7, 11) is 1.22. The monoisotopic (exact) mass is 325 g/mol. The summed E-state index contributed by atoms with van der Waals surface area (Å²) in [5, 5.41) is 0. The first-order valence-electron chi connectivity index (χ1n) is 10.2. The van der Waals surface area contributed by atoms with E-state index in [1.165, 1.54) is 106 Å². The Morgan fingerprint density at radius 1 is 0.682 bits per heavy atom. The molecule has 132 valence electrons. The molecule has 0 aliphatic carbocycles. The fourth-order valence-electron chi connectivity index (χ4n) is 3.13. The highest BCUT2D eigenvalue weighted by atomic mass is 28.2. The van der Waals surface area contributed by atoms with Crippen molar-refractivity contribution in [1.82, 2.24) is 4.90 Å². The van der Waals surface area contributed by atoms with E-state index in [2.05, 4.69) is 32.6 Å². The molecule has 0 aliphatic heterocycles. The summed E-state index contributed by atoms with van der Waals surface area (Å²) in [6.07, 6.45) is 15.9. The van der Waals surface area contributed by atoms with Crippen LogP contribution in [-0.2, 0) is 0 Å². The Morgan fingerprint density at radius 2 is 1.23 bits per heavy atom. The van der Waals surface area contributed by atoms with Crippen molar-refractivity contribution in [2.24, 2.45) is 0 Å². The molecule has 2 heteroatoms. The minimum atomic E-state index is 1.05. The molecule has 0 bridgehead atoms. The highest BCUT2D eigenvalue weighted by Gasteiger charge is 2.10. The minimum absolute atomic E-state index is 1.05. The van der Waals surface area contributed by atoms with Gasteiger partial charge in [-0.1, -0.05) is 97.9 Å². The normalized spacial score (nSPS) is 11.7. The quantitative estimate of drug-likeness (QED) is 0.216. The Bertz CT molecular complexity index is 192. The first-order valence-corrected chi connectivity index (χ1v) is 11.5. The van der Waals surface area contributed by atoms with Crippen LogP contribution in [0.3, 0.4) is 0 Å². The molecule has 0 saturated heterocycles. The second kappa shape index (κ2) is 17.5. The lowest BCUT2D eigenvalue weighted by molar-refractivity contribution is 0.304. The standard InChI is InChI=1S/C20H43NSi/c1-5-9-11-13-16-20(17-14-12-10-6-2)22-19-15-18-21(7-3)8-4/h20H,5-19H2,1-4H3. The van der Waals surface area contributed by atoms with Gasteiger partial charge in [0.2, 0.25) is 0 Å². The summed E-state index contributed by atoms with van der Waals surface area (Å²) in [6.45, 7) is 13.0. The van der Waals surface area contributed by atoms with E-state index in [1.54, 1.807) is 0 Å². The van der Waals surface area contributed by atoms with Crippen molar-refractivity contribution in [1.29, 1.82) is 0 Å². The lowest BCUT2D eigenvalue weighted by Crippen LogP contribution is -2.24. The molecule has 0 aliphatic rings. The van der Waals surface area contributed by atoms with Crippen LogP contribution in [0.1, 0.15) is 98.3 Å². The van der Waals surface area contributed by atoms with Crippen molar-refractivity contribution < 1.29 is 0 Å². The van der Waals surface area contributed by atoms with Gasteiger partial charge in [0.15, 0.2) is 0 Å². The van der Waals surface area contributed by atoms with Gasteiger partial charge >= 0.3 is 0 Å². The van der Waals surface area contributed by atoms with Crippen molar-refractivity contribution in [2.45, 2.75) is 110 Å². The second-order valence-corrected chi connectivity index (χ2v) is 8.45. The molecule has 0 fully saturated rings. The van der Waals surface area contributed by atoms with Gasteiger partial charge in [0.25, 0.3) is 0 Å². The van der Waals surface area contributed by atoms with Gasteiger partial charge in [0, 0.05) is 9.52 Å². The molecule has 0 rings (SSSR count). The Balaban J connectivity index is 3.83. The average Bonchev–Trinajstić information content (AvgIpc) is 2.54. The van der Waals surface area contributed by atoms with E-state index in [-0.39, 0.29) is 0 Å². The van der Waals surface area contributed by atoms with E-state index in [1.807, 2.05) is 0 Å². The highest BCUT2D eigenvalue weighted by Crippen LogP contribution is 2.24. The number of hydrogen-bond donors (Lipinski definition) is 0. The molecule has 1 nitrogen and oxygen atoms in total. The minimum Gasteiger partial charge on any atom is -0.304 e. The third-order valence-electron chi connectivity index (χ3n) is 4.79. The van der Waals surface area contributed by atoms with Gasteiger partial charge in [-0.2, -0.15) is 0 Å². The average molecular weight is 326 g/mol. The Hall–Kier alpha value is 0.177. The smallest absolute Gasteiger partial charge is 0.0413 e. The first-order chi connectivity index (χ1) is 10.8. The van der Waals surface area contributed by atoms with Gasteiger partial charge in [-0.05, 0) is 31.6 Å². The molecule has 2 radical (unpaired) electrons. The summed E-state index contributed by atoms with van der Waals surface area (Å²) in [5.74, 6) is 0. The largest absolute Gasteiger partial charge is 0.304 e. The third-order valence-corrected chi connectivity index (χ3v) is 6.59. The molecule has 0 spiro atoms. The van der Waals surface area contributed by atoms with Crippen LogP contribution in [0.2, 0.25) is 11.6 Å². The SMILES string of the molecule is CCCCCCC(CCCCCC)[Si]CCCN(CC)CC. The fourth-order valence-corrected chi connectivity index (χ4v) is 4.72. The van der Waals surface area contributed by atoms with E-state index < -0.39 is 0 Å². The summed E-state index contributed by atoms with van der Waals surface area (Å²) >= 11 is 0. The number of rotatable bonds is 17. The van der Waals surface area contributed by atoms with E-state index in [0.717, 1.165) is 5.54 Å². The molecule has 0 aromatic rings. The third kappa shape index (κ3) is 13.8. The zero-order valence-electron chi connectivity index (χ0n) is 16.1. The van der Waals surface area contributed by atoms with Crippen LogP contribution in [0.25, 0.3) is 0 Å². The summed E-state index contributed by atoms with van der Waals surface area (Å²) < 4.78 is 0. The van der Waals surface area contributed by atoms with Crippen LogP contribution in [0.15, 0.2) is 0 Å². The number of unbranched alkanes of at least 4 members (excludes halogenated alkanes) is 6. The summed E-state index contributed by atoms with van der Waals surface area (Å²) in [4.78, 5) is 2.57. The van der Waals surface area contributed by atoms with E-state index in [9.17, 15) is 0 Å². The zero-order valence-corrected chi connectivity index (χ0v) is 17.1. The molecule has 0 atom stereocenters. The van der Waals surface area contributed by atoms with Gasteiger partial charge < -0.3 is 4.90 Å². The molecule has 0 aromatic carbocycles. The molecule has 22 heavy (non-hydrogen) atoms. The fraction of sp³-hybridized carbons (Fsp3) is 1.00. The van der Waals surface area contributed by atoms with Crippen LogP contribution < -0.4 is 0 Å². The lowest BCUT2D eigenvalue weighted by atomic mass is 10.1. The predicted molar refractivity (Wildman–Crippen MR) is 104 cm³/mol. The second-order valence-electron chi connectivity index (χ2n) is 6.73. The summed E-state index contributed by atoms with van der Waals surface area (Å²) in [5.41, 5.74) is 1.05. The van der Waals surface area contributed by atoms with Gasteiger partial charge in [0.05, 0.1) is 0 Å². The van der Waals surface area contributed by atoms with Gasteiger partial charge in [-0.25, -0.2) is 0 Å². The Morgan fingerprint density at radius 3 is 1.68 bits per heavy atom. The molecule has 0 aromatic heterocycles. The van der Waals surface area contributed by atoms with Crippen LogP contribution >= 0.6 is 0 Å². The Kier molecular flexibility index (Phi) is 17.7. The van der Waals surface area contributed by atoms with Crippen molar-refractivity contribution in [2.75, 3.05) is 19.6 Å². The number of nitrogens with zero attached hydrogens (tertiary/aromatic N) is 1. The van der Waals surface area contributed by atoms with Gasteiger partial charge in [0.1, 0.15) is 0 Å². The van der Waals surface area contributed by atoms with Crippen molar-refractivity contribution in [3.8, 4) is 0 Å². The highest BCUT2D eigenvalue weighted by molar-refractivity contribution is 6.37. The van der Waals surface area contributed by atoms with Crippen molar-refractivity contribution in [3.63, 3.8) is 0 Å². The molecule has 0 saturated carbocycles. The van der Waals surface area contributed by atoms with E-state index in [0.29, 0.717) is 0 Å². The predicted octanol–water partition coefficient (Wildman–Crippen LogP) is 6.57.